The minimum atomic E-state index is -0.225. The fourth-order valence-corrected chi connectivity index (χ4v) is 4.55. The Bertz CT molecular complexity index is 531. The monoisotopic (exact) mass is 308 g/mol. The number of nitrogens with zero attached hydrogens (tertiary/aromatic N) is 4. The maximum Gasteiger partial charge on any atom is 0.233 e. The van der Waals surface area contributed by atoms with E-state index in [0.29, 0.717) is 11.8 Å². The van der Waals surface area contributed by atoms with E-state index in [-0.39, 0.29) is 24.1 Å². The molecule has 1 aromatic heterocycles. The van der Waals surface area contributed by atoms with Gasteiger partial charge in [-0.1, -0.05) is 11.8 Å². The second-order valence-electron chi connectivity index (χ2n) is 6.35. The number of fused-ring (bicyclic) bond motifs is 2. The Hall–Kier alpha value is -1.08. The van der Waals surface area contributed by atoms with E-state index in [2.05, 4.69) is 14.8 Å². The van der Waals surface area contributed by atoms with E-state index >= 15 is 0 Å². The Morgan fingerprint density at radius 3 is 2.57 bits per heavy atom. The minimum absolute atomic E-state index is 0.185. The van der Waals surface area contributed by atoms with Crippen LogP contribution in [0.2, 0.25) is 0 Å². The number of amides is 1. The molecule has 0 spiro atoms. The van der Waals surface area contributed by atoms with Crippen LogP contribution in [0.4, 0.5) is 0 Å². The minimum Gasteiger partial charge on any atom is -0.393 e. The van der Waals surface area contributed by atoms with E-state index < -0.39 is 0 Å². The van der Waals surface area contributed by atoms with Gasteiger partial charge in [-0.15, -0.1) is 10.2 Å². The maximum atomic E-state index is 12.5. The summed E-state index contributed by atoms with van der Waals surface area (Å²) >= 11 is 1.49. The highest BCUT2D eigenvalue weighted by Gasteiger charge is 2.42. The smallest absolute Gasteiger partial charge is 0.233 e. The zero-order chi connectivity index (χ0) is 14.4. The van der Waals surface area contributed by atoms with Gasteiger partial charge in [0.1, 0.15) is 6.33 Å². The molecule has 1 aromatic rings. The number of rotatable bonds is 4. The highest BCUT2D eigenvalue weighted by Crippen LogP contribution is 2.38. The topological polar surface area (TPSA) is 71.2 Å². The summed E-state index contributed by atoms with van der Waals surface area (Å²) in [5.41, 5.74) is 0. The van der Waals surface area contributed by atoms with Crippen LogP contribution in [-0.2, 0) is 4.79 Å². The Morgan fingerprint density at radius 1 is 1.24 bits per heavy atom. The van der Waals surface area contributed by atoms with Gasteiger partial charge in [0.05, 0.1) is 11.9 Å². The lowest BCUT2D eigenvalue weighted by atomic mass is 10.00. The molecule has 1 saturated carbocycles. The van der Waals surface area contributed by atoms with Gasteiger partial charge in [-0.3, -0.25) is 4.79 Å². The Morgan fingerprint density at radius 2 is 1.90 bits per heavy atom. The van der Waals surface area contributed by atoms with Crippen molar-refractivity contribution >= 4 is 17.7 Å². The third-order valence-corrected chi connectivity index (χ3v) is 5.74. The first-order valence-electron chi connectivity index (χ1n) is 7.74. The molecule has 2 atom stereocenters. The predicted octanol–water partition coefficient (Wildman–Crippen LogP) is 1.22. The van der Waals surface area contributed by atoms with Gasteiger partial charge in [0.2, 0.25) is 5.91 Å². The number of thioether (sulfide) groups is 1. The number of aliphatic hydroxyl groups excluding tert-OH is 1. The van der Waals surface area contributed by atoms with E-state index in [9.17, 15) is 9.90 Å². The van der Waals surface area contributed by atoms with Gasteiger partial charge >= 0.3 is 0 Å². The fourth-order valence-electron chi connectivity index (χ4n) is 3.69. The first-order valence-corrected chi connectivity index (χ1v) is 8.72. The van der Waals surface area contributed by atoms with Crippen LogP contribution in [-0.4, -0.2) is 54.6 Å². The zero-order valence-corrected chi connectivity index (χ0v) is 12.7. The summed E-state index contributed by atoms with van der Waals surface area (Å²) < 4.78 is 2.09. The lowest BCUT2D eigenvalue weighted by Gasteiger charge is -2.37. The summed E-state index contributed by atoms with van der Waals surface area (Å²) in [6.45, 7) is 0. The summed E-state index contributed by atoms with van der Waals surface area (Å²) in [4.78, 5) is 14.5. The number of aromatic nitrogens is 3. The molecule has 3 aliphatic rings. The van der Waals surface area contributed by atoms with Crippen LogP contribution in [0.1, 0.15) is 44.6 Å². The van der Waals surface area contributed by atoms with Crippen molar-refractivity contribution < 1.29 is 9.90 Å². The molecule has 6 nitrogen and oxygen atoms in total. The molecular weight excluding hydrogens is 288 g/mol. The lowest BCUT2D eigenvalue weighted by Crippen LogP contribution is -2.48. The Kier molecular flexibility index (Phi) is 3.41. The van der Waals surface area contributed by atoms with E-state index in [0.717, 1.165) is 30.8 Å². The average Bonchev–Trinajstić information content (AvgIpc) is 3.13. The van der Waals surface area contributed by atoms with Gasteiger partial charge in [-0.05, 0) is 38.5 Å². The van der Waals surface area contributed by atoms with Crippen molar-refractivity contribution in [2.75, 3.05) is 5.75 Å². The zero-order valence-electron chi connectivity index (χ0n) is 11.9. The molecule has 2 unspecified atom stereocenters. The SMILES string of the molecule is O=C(CSc1nncn1C1CC1)N1C2CCC1CC(O)C2. The van der Waals surface area contributed by atoms with Gasteiger partial charge in [0.25, 0.3) is 0 Å². The first kappa shape index (κ1) is 13.6. The molecule has 1 aliphatic carbocycles. The van der Waals surface area contributed by atoms with Crippen molar-refractivity contribution in [2.24, 2.45) is 0 Å². The first-order chi connectivity index (χ1) is 10.2. The van der Waals surface area contributed by atoms with Crippen LogP contribution in [0.5, 0.6) is 0 Å². The number of hydrogen-bond acceptors (Lipinski definition) is 5. The number of piperidine rings is 1. The molecule has 2 saturated heterocycles. The molecule has 0 aromatic carbocycles. The number of hydrogen-bond donors (Lipinski definition) is 1. The molecule has 0 radical (unpaired) electrons. The Labute approximate surface area is 127 Å². The van der Waals surface area contributed by atoms with Crippen LogP contribution < -0.4 is 0 Å². The molecule has 3 fully saturated rings. The molecule has 2 bridgehead atoms. The van der Waals surface area contributed by atoms with Gasteiger partial charge in [0.15, 0.2) is 5.16 Å². The highest BCUT2D eigenvalue weighted by molar-refractivity contribution is 7.99. The molecule has 4 rings (SSSR count). The molecular formula is C14H20N4O2S. The van der Waals surface area contributed by atoms with Crippen LogP contribution >= 0.6 is 11.8 Å². The van der Waals surface area contributed by atoms with Gasteiger partial charge < -0.3 is 14.6 Å². The van der Waals surface area contributed by atoms with Crippen molar-refractivity contribution in [3.8, 4) is 0 Å². The van der Waals surface area contributed by atoms with Crippen molar-refractivity contribution in [2.45, 2.75) is 67.9 Å². The second-order valence-corrected chi connectivity index (χ2v) is 7.29. The highest BCUT2D eigenvalue weighted by atomic mass is 32.2. The van der Waals surface area contributed by atoms with Gasteiger partial charge in [-0.25, -0.2) is 0 Å². The third-order valence-electron chi connectivity index (χ3n) is 4.80. The molecule has 114 valence electrons. The second kappa shape index (κ2) is 5.28. The van der Waals surface area contributed by atoms with E-state index in [1.807, 2.05) is 4.90 Å². The van der Waals surface area contributed by atoms with E-state index in [4.69, 9.17) is 0 Å². The molecule has 1 N–H and O–H groups in total. The van der Waals surface area contributed by atoms with Crippen LogP contribution in [0.25, 0.3) is 0 Å². The number of aliphatic hydroxyl groups is 1. The third kappa shape index (κ3) is 2.57. The van der Waals surface area contributed by atoms with Crippen LogP contribution in [0.3, 0.4) is 0 Å². The maximum absolute atomic E-state index is 12.5. The number of carbonyl (C=O) groups is 1. The summed E-state index contributed by atoms with van der Waals surface area (Å²) in [6.07, 6.45) is 7.48. The molecule has 2 aliphatic heterocycles. The van der Waals surface area contributed by atoms with E-state index in [1.165, 1.54) is 24.6 Å². The van der Waals surface area contributed by atoms with Crippen LogP contribution in [0.15, 0.2) is 11.5 Å². The standard InChI is InChI=1S/C14H20N4O2S/c19-12-5-10-3-4-11(6-12)18(10)13(20)7-21-14-16-15-8-17(14)9-1-2-9/h8-12,19H,1-7H2. The summed E-state index contributed by atoms with van der Waals surface area (Å²) in [6, 6.07) is 1.03. The van der Waals surface area contributed by atoms with E-state index in [1.54, 1.807) is 6.33 Å². The molecule has 1 amide bonds. The quantitative estimate of drug-likeness (QED) is 0.847. The largest absolute Gasteiger partial charge is 0.393 e. The predicted molar refractivity (Wildman–Crippen MR) is 77.9 cm³/mol. The Balaban J connectivity index is 1.39. The summed E-state index contributed by atoms with van der Waals surface area (Å²) in [5, 5.41) is 18.8. The van der Waals surface area contributed by atoms with Gasteiger partial charge in [-0.2, -0.15) is 0 Å². The van der Waals surface area contributed by atoms with Crippen molar-refractivity contribution in [1.29, 1.82) is 0 Å². The molecule has 3 heterocycles. The van der Waals surface area contributed by atoms with Crippen molar-refractivity contribution in [3.63, 3.8) is 0 Å². The van der Waals surface area contributed by atoms with Gasteiger partial charge in [0, 0.05) is 18.1 Å². The average molecular weight is 308 g/mol. The molecule has 21 heavy (non-hydrogen) atoms. The normalized spacial score (nSPS) is 31.7. The van der Waals surface area contributed by atoms with Crippen LogP contribution in [0, 0.1) is 0 Å². The lowest BCUT2D eigenvalue weighted by molar-refractivity contribution is -0.134. The van der Waals surface area contributed by atoms with Crippen molar-refractivity contribution in [3.05, 3.63) is 6.33 Å². The summed E-state index contributed by atoms with van der Waals surface area (Å²) in [5.74, 6) is 0.610. The summed E-state index contributed by atoms with van der Waals surface area (Å²) in [7, 11) is 0. The van der Waals surface area contributed by atoms with Crippen molar-refractivity contribution in [1.82, 2.24) is 19.7 Å². The fraction of sp³-hybridized carbons (Fsp3) is 0.786. The number of carbonyl (C=O) groups excluding carboxylic acids is 1. The molecule has 7 heteroatoms.